The molecule has 0 amide bonds. The Morgan fingerprint density at radius 3 is 2.42 bits per heavy atom. The van der Waals surface area contributed by atoms with Crippen molar-refractivity contribution < 1.29 is 4.79 Å². The van der Waals surface area contributed by atoms with E-state index < -0.39 is 0 Å². The van der Waals surface area contributed by atoms with Crippen LogP contribution in [-0.4, -0.2) is 11.4 Å². The number of anilines is 1. The van der Waals surface area contributed by atoms with Crippen LogP contribution in [0.3, 0.4) is 0 Å². The predicted molar refractivity (Wildman–Crippen MR) is 52.2 cm³/mol. The highest BCUT2D eigenvalue weighted by Gasteiger charge is 1.92. The van der Waals surface area contributed by atoms with Gasteiger partial charge in [0.05, 0.1) is 0 Å². The molecule has 1 rings (SSSR count). The summed E-state index contributed by atoms with van der Waals surface area (Å²) in [6, 6.07) is 6.85. The molecule has 0 aliphatic carbocycles. The molecule has 0 radical (unpaired) electrons. The lowest BCUT2D eigenvalue weighted by Crippen LogP contribution is -2.18. The van der Waals surface area contributed by atoms with Crippen molar-refractivity contribution in [2.24, 2.45) is 5.73 Å². The van der Waals surface area contributed by atoms with Gasteiger partial charge in [-0.25, -0.2) is 0 Å². The third-order valence-electron chi connectivity index (χ3n) is 1.31. The number of nitrogens with two attached hydrogens (primary N) is 1. The van der Waals surface area contributed by atoms with Gasteiger partial charge in [-0.1, -0.05) is 0 Å². The van der Waals surface area contributed by atoms with Crippen LogP contribution in [0.1, 0.15) is 10.4 Å². The van der Waals surface area contributed by atoms with E-state index in [1.807, 2.05) is 0 Å². The summed E-state index contributed by atoms with van der Waals surface area (Å²) in [5, 5.41) is 2.97. The van der Waals surface area contributed by atoms with Crippen molar-refractivity contribution in [2.45, 2.75) is 0 Å². The monoisotopic (exact) mass is 180 g/mol. The maximum absolute atomic E-state index is 10.3. The molecule has 1 aromatic carbocycles. The lowest BCUT2D eigenvalue weighted by molar-refractivity contribution is 0.112. The maximum atomic E-state index is 10.3. The minimum Gasteiger partial charge on any atom is -0.376 e. The lowest BCUT2D eigenvalue weighted by Gasteiger charge is -2.02. The molecule has 0 bridgehead atoms. The van der Waals surface area contributed by atoms with Crippen LogP contribution in [0, 0.1) is 0 Å². The lowest BCUT2D eigenvalue weighted by atomic mass is 10.2. The van der Waals surface area contributed by atoms with Gasteiger partial charge in [0, 0.05) is 11.3 Å². The summed E-state index contributed by atoms with van der Waals surface area (Å²) in [5.74, 6) is 0. The van der Waals surface area contributed by atoms with Gasteiger partial charge >= 0.3 is 0 Å². The van der Waals surface area contributed by atoms with Crippen LogP contribution in [0.15, 0.2) is 24.3 Å². The highest BCUT2D eigenvalue weighted by molar-refractivity contribution is 7.80. The van der Waals surface area contributed by atoms with Crippen molar-refractivity contribution in [2.75, 3.05) is 5.32 Å². The third kappa shape index (κ3) is 2.32. The van der Waals surface area contributed by atoms with Crippen LogP contribution < -0.4 is 11.1 Å². The van der Waals surface area contributed by atoms with Crippen LogP contribution in [0.25, 0.3) is 0 Å². The first-order chi connectivity index (χ1) is 5.72. The van der Waals surface area contributed by atoms with Crippen LogP contribution in [-0.2, 0) is 0 Å². The quantitative estimate of drug-likeness (QED) is 0.529. The molecule has 0 fully saturated rings. The summed E-state index contributed by atoms with van der Waals surface area (Å²) in [5.41, 5.74) is 6.66. The molecule has 12 heavy (non-hydrogen) atoms. The molecule has 0 spiro atoms. The standard InChI is InChI=1S/C8H8N2OS/c9-8(12)10-7-3-1-6(5-11)2-4-7/h1-5H,(H3,9,10,12). The zero-order valence-corrected chi connectivity index (χ0v) is 7.10. The fourth-order valence-electron chi connectivity index (χ4n) is 0.787. The zero-order valence-electron chi connectivity index (χ0n) is 6.28. The Bertz CT molecular complexity index is 294. The average Bonchev–Trinajstić information content (AvgIpc) is 2.05. The fraction of sp³-hybridized carbons (Fsp3) is 0. The number of hydrogen-bond donors (Lipinski definition) is 2. The van der Waals surface area contributed by atoms with Gasteiger partial charge in [-0.2, -0.15) is 0 Å². The molecule has 0 aliphatic rings. The molecular formula is C8H8N2OS. The van der Waals surface area contributed by atoms with E-state index in [1.165, 1.54) is 0 Å². The highest BCUT2D eigenvalue weighted by Crippen LogP contribution is 2.07. The number of thiocarbonyl (C=S) groups is 1. The van der Waals surface area contributed by atoms with Crippen molar-refractivity contribution >= 4 is 29.3 Å². The number of nitrogens with one attached hydrogen (secondary N) is 1. The van der Waals surface area contributed by atoms with E-state index in [1.54, 1.807) is 24.3 Å². The van der Waals surface area contributed by atoms with E-state index in [9.17, 15) is 4.79 Å². The second kappa shape index (κ2) is 3.82. The van der Waals surface area contributed by atoms with E-state index in [4.69, 9.17) is 5.73 Å². The van der Waals surface area contributed by atoms with E-state index >= 15 is 0 Å². The van der Waals surface area contributed by atoms with Crippen molar-refractivity contribution in [1.82, 2.24) is 0 Å². The summed E-state index contributed by atoms with van der Waals surface area (Å²) in [4.78, 5) is 10.3. The topological polar surface area (TPSA) is 55.1 Å². The maximum Gasteiger partial charge on any atom is 0.168 e. The molecule has 0 unspecified atom stereocenters. The first kappa shape index (κ1) is 8.67. The Kier molecular flexibility index (Phi) is 2.76. The second-order valence-electron chi connectivity index (χ2n) is 2.23. The van der Waals surface area contributed by atoms with Gasteiger partial charge in [-0.3, -0.25) is 4.79 Å². The molecule has 0 aromatic heterocycles. The number of carbonyl (C=O) groups is 1. The number of rotatable bonds is 2. The largest absolute Gasteiger partial charge is 0.376 e. The summed E-state index contributed by atoms with van der Waals surface area (Å²) < 4.78 is 0. The van der Waals surface area contributed by atoms with Gasteiger partial charge < -0.3 is 11.1 Å². The molecule has 0 atom stereocenters. The SMILES string of the molecule is NC(=S)Nc1ccc(C=O)cc1. The minimum absolute atomic E-state index is 0.217. The summed E-state index contributed by atoms with van der Waals surface area (Å²) in [6.07, 6.45) is 0.782. The number of aldehydes is 1. The Morgan fingerprint density at radius 2 is 2.00 bits per heavy atom. The van der Waals surface area contributed by atoms with Crippen LogP contribution in [0.2, 0.25) is 0 Å². The van der Waals surface area contributed by atoms with Crippen LogP contribution in [0.4, 0.5) is 5.69 Å². The molecule has 3 nitrogen and oxygen atoms in total. The van der Waals surface area contributed by atoms with Gasteiger partial charge in [0.15, 0.2) is 5.11 Å². The Labute approximate surface area is 75.6 Å². The van der Waals surface area contributed by atoms with E-state index in [-0.39, 0.29) is 5.11 Å². The highest BCUT2D eigenvalue weighted by atomic mass is 32.1. The summed E-state index contributed by atoms with van der Waals surface area (Å²) in [6.45, 7) is 0. The molecule has 0 aliphatic heterocycles. The van der Waals surface area contributed by atoms with Crippen LogP contribution in [0.5, 0.6) is 0 Å². The van der Waals surface area contributed by atoms with Crippen molar-refractivity contribution in [3.63, 3.8) is 0 Å². The normalized spacial score (nSPS) is 9.00. The summed E-state index contributed by atoms with van der Waals surface area (Å²) in [7, 11) is 0. The first-order valence-electron chi connectivity index (χ1n) is 3.34. The van der Waals surface area contributed by atoms with Crippen molar-refractivity contribution in [3.8, 4) is 0 Å². The van der Waals surface area contributed by atoms with Gasteiger partial charge in [0.25, 0.3) is 0 Å². The number of carbonyl (C=O) groups excluding carboxylic acids is 1. The molecular weight excluding hydrogens is 172 g/mol. The first-order valence-corrected chi connectivity index (χ1v) is 3.75. The Balaban J connectivity index is 2.77. The van der Waals surface area contributed by atoms with E-state index in [2.05, 4.69) is 17.5 Å². The van der Waals surface area contributed by atoms with E-state index in [0.717, 1.165) is 12.0 Å². The average molecular weight is 180 g/mol. The summed E-state index contributed by atoms with van der Waals surface area (Å²) >= 11 is 4.64. The zero-order chi connectivity index (χ0) is 8.97. The van der Waals surface area contributed by atoms with Crippen molar-refractivity contribution in [1.29, 1.82) is 0 Å². The predicted octanol–water partition coefficient (Wildman–Crippen LogP) is 1.15. The fourth-order valence-corrected chi connectivity index (χ4v) is 0.905. The molecule has 3 N–H and O–H groups in total. The molecule has 0 saturated carbocycles. The van der Waals surface area contributed by atoms with Crippen LogP contribution >= 0.6 is 12.2 Å². The molecule has 0 saturated heterocycles. The van der Waals surface area contributed by atoms with Gasteiger partial charge in [-0.15, -0.1) is 0 Å². The van der Waals surface area contributed by atoms with E-state index in [0.29, 0.717) is 5.56 Å². The molecule has 1 aromatic rings. The second-order valence-corrected chi connectivity index (χ2v) is 2.67. The number of benzene rings is 1. The minimum atomic E-state index is 0.217. The Morgan fingerprint density at radius 1 is 1.42 bits per heavy atom. The van der Waals surface area contributed by atoms with Crippen molar-refractivity contribution in [3.05, 3.63) is 29.8 Å². The number of hydrogen-bond acceptors (Lipinski definition) is 2. The molecule has 4 heteroatoms. The third-order valence-corrected chi connectivity index (χ3v) is 1.42. The van der Waals surface area contributed by atoms with Gasteiger partial charge in [-0.05, 0) is 36.5 Å². The Hall–Kier alpha value is -1.42. The molecule has 62 valence electrons. The van der Waals surface area contributed by atoms with Gasteiger partial charge in [0.2, 0.25) is 0 Å². The smallest absolute Gasteiger partial charge is 0.168 e. The molecule has 0 heterocycles. The van der Waals surface area contributed by atoms with Gasteiger partial charge in [0.1, 0.15) is 6.29 Å².